The number of amidine groups is 2. The van der Waals surface area contributed by atoms with Gasteiger partial charge in [-0.1, -0.05) is 48.5 Å². The van der Waals surface area contributed by atoms with Crippen LogP contribution in [0.25, 0.3) is 5.69 Å². The highest BCUT2D eigenvalue weighted by Crippen LogP contribution is 2.49. The van der Waals surface area contributed by atoms with E-state index in [1.54, 1.807) is 11.3 Å². The van der Waals surface area contributed by atoms with Crippen LogP contribution in [0.15, 0.2) is 106 Å². The molecule has 0 radical (unpaired) electrons. The number of benzene rings is 3. The van der Waals surface area contributed by atoms with Gasteiger partial charge in [-0.05, 0) is 67.3 Å². The summed E-state index contributed by atoms with van der Waals surface area (Å²) in [4.78, 5) is 13.9. The molecule has 0 unspecified atom stereocenters. The second-order valence-corrected chi connectivity index (χ2v) is 10.2. The lowest BCUT2D eigenvalue weighted by atomic mass is 9.98. The predicted molar refractivity (Wildman–Crippen MR) is 152 cm³/mol. The molecule has 2 aromatic heterocycles. The van der Waals surface area contributed by atoms with Crippen LogP contribution in [0.5, 0.6) is 0 Å². The number of nitrogens with zero attached hydrogens (tertiary/aromatic N) is 5. The zero-order chi connectivity index (χ0) is 24.9. The number of hydrogen-bond donors (Lipinski definition) is 1. The van der Waals surface area contributed by atoms with Crippen molar-refractivity contribution in [1.29, 1.82) is 0 Å². The van der Waals surface area contributed by atoms with E-state index in [0.29, 0.717) is 0 Å². The molecule has 6 nitrogen and oxygen atoms in total. The van der Waals surface area contributed by atoms with Crippen LogP contribution in [0, 0.1) is 13.8 Å². The molecule has 0 saturated heterocycles. The van der Waals surface area contributed by atoms with Crippen LogP contribution >= 0.6 is 11.3 Å². The lowest BCUT2D eigenvalue weighted by Gasteiger charge is -2.40. The Bertz CT molecular complexity index is 1680. The van der Waals surface area contributed by atoms with Gasteiger partial charge >= 0.3 is 0 Å². The maximum atomic E-state index is 5.28. The molecule has 5 aromatic rings. The van der Waals surface area contributed by atoms with Gasteiger partial charge in [0.1, 0.15) is 6.04 Å². The van der Waals surface area contributed by atoms with Gasteiger partial charge < -0.3 is 10.2 Å². The Labute approximate surface area is 219 Å². The van der Waals surface area contributed by atoms with Crippen molar-refractivity contribution in [2.75, 3.05) is 10.2 Å². The van der Waals surface area contributed by atoms with Crippen molar-refractivity contribution in [3.8, 4) is 5.69 Å². The van der Waals surface area contributed by atoms with Crippen LogP contribution < -0.4 is 10.2 Å². The summed E-state index contributed by atoms with van der Waals surface area (Å²) in [6.45, 7) is 4.17. The fourth-order valence-corrected chi connectivity index (χ4v) is 5.95. The summed E-state index contributed by atoms with van der Waals surface area (Å²) < 4.78 is 1.96. The monoisotopic (exact) mass is 500 g/mol. The van der Waals surface area contributed by atoms with Crippen LogP contribution in [0.4, 0.5) is 22.9 Å². The highest BCUT2D eigenvalue weighted by Gasteiger charge is 2.41. The number of anilines is 2. The van der Waals surface area contributed by atoms with Crippen molar-refractivity contribution in [2.45, 2.75) is 19.9 Å². The number of aryl methyl sites for hydroxylation is 2. The molecule has 0 saturated carbocycles. The Morgan fingerprint density at radius 2 is 1.68 bits per heavy atom. The molecule has 1 N–H and O–H groups in total. The minimum atomic E-state index is -0.0779. The summed E-state index contributed by atoms with van der Waals surface area (Å²) >= 11 is 1.75. The van der Waals surface area contributed by atoms with Gasteiger partial charge in [-0.3, -0.25) is 0 Å². The van der Waals surface area contributed by atoms with Crippen LogP contribution in [-0.2, 0) is 0 Å². The quantitative estimate of drug-likeness (QED) is 0.282. The molecule has 7 rings (SSSR count). The minimum absolute atomic E-state index is 0.0779. The Morgan fingerprint density at radius 1 is 0.838 bits per heavy atom. The lowest BCUT2D eigenvalue weighted by Crippen LogP contribution is -2.46. The van der Waals surface area contributed by atoms with Crippen molar-refractivity contribution in [3.63, 3.8) is 0 Å². The van der Waals surface area contributed by atoms with Gasteiger partial charge in [0.25, 0.3) is 0 Å². The van der Waals surface area contributed by atoms with Crippen molar-refractivity contribution in [1.82, 2.24) is 9.78 Å². The van der Waals surface area contributed by atoms with E-state index in [1.807, 2.05) is 28.9 Å². The van der Waals surface area contributed by atoms with Crippen LogP contribution in [0.1, 0.15) is 27.7 Å². The zero-order valence-electron chi connectivity index (χ0n) is 20.5. The Balaban J connectivity index is 1.49. The molecule has 2 aliphatic heterocycles. The number of para-hydroxylation sites is 3. The summed E-state index contributed by atoms with van der Waals surface area (Å²) in [6.07, 6.45) is 0. The van der Waals surface area contributed by atoms with E-state index >= 15 is 0 Å². The highest BCUT2D eigenvalue weighted by molar-refractivity contribution is 7.10. The number of nitrogens with one attached hydrogen (secondary N) is 1. The normalized spacial score (nSPS) is 15.8. The Hall–Kier alpha value is -4.49. The maximum Gasteiger partial charge on any atom is 0.179 e. The summed E-state index contributed by atoms with van der Waals surface area (Å²) in [5.41, 5.74) is 7.17. The Morgan fingerprint density at radius 3 is 2.49 bits per heavy atom. The molecule has 0 amide bonds. The zero-order valence-corrected chi connectivity index (χ0v) is 21.3. The molecule has 37 heavy (non-hydrogen) atoms. The van der Waals surface area contributed by atoms with Gasteiger partial charge in [0.2, 0.25) is 0 Å². The van der Waals surface area contributed by atoms with Crippen LogP contribution in [0.2, 0.25) is 0 Å². The van der Waals surface area contributed by atoms with E-state index in [2.05, 4.69) is 96.2 Å². The number of rotatable bonds is 3. The van der Waals surface area contributed by atoms with E-state index in [4.69, 9.17) is 15.1 Å². The molecule has 0 aliphatic carbocycles. The summed E-state index contributed by atoms with van der Waals surface area (Å²) in [5, 5.41) is 10.7. The molecule has 0 fully saturated rings. The van der Waals surface area contributed by atoms with E-state index < -0.39 is 0 Å². The Kier molecular flexibility index (Phi) is 5.04. The van der Waals surface area contributed by atoms with Crippen molar-refractivity contribution >= 4 is 45.9 Å². The molecule has 3 aromatic carbocycles. The van der Waals surface area contributed by atoms with E-state index in [9.17, 15) is 0 Å². The third-order valence-corrected chi connectivity index (χ3v) is 7.66. The molecule has 4 heterocycles. The summed E-state index contributed by atoms with van der Waals surface area (Å²) in [5.74, 6) is 2.34. The first-order valence-corrected chi connectivity index (χ1v) is 13.1. The van der Waals surface area contributed by atoms with Gasteiger partial charge in [-0.15, -0.1) is 11.3 Å². The first-order valence-electron chi connectivity index (χ1n) is 12.3. The third kappa shape index (κ3) is 3.58. The van der Waals surface area contributed by atoms with Gasteiger partial charge in [0, 0.05) is 16.1 Å². The van der Waals surface area contributed by atoms with E-state index in [0.717, 1.165) is 51.5 Å². The highest BCUT2D eigenvalue weighted by atomic mass is 32.1. The number of thiophene rings is 1. The van der Waals surface area contributed by atoms with Crippen molar-refractivity contribution in [2.24, 2.45) is 9.98 Å². The molecular formula is C30H24N6S. The topological polar surface area (TPSA) is 57.8 Å². The average molecular weight is 501 g/mol. The van der Waals surface area contributed by atoms with Crippen LogP contribution in [0.3, 0.4) is 0 Å². The predicted octanol–water partition coefficient (Wildman–Crippen LogP) is 7.35. The van der Waals surface area contributed by atoms with E-state index in [1.165, 1.54) is 10.4 Å². The number of fused-ring (bicyclic) bond motifs is 4. The molecule has 1 atom stereocenters. The molecule has 180 valence electrons. The number of aromatic nitrogens is 2. The third-order valence-electron chi connectivity index (χ3n) is 6.73. The summed E-state index contributed by atoms with van der Waals surface area (Å²) in [6, 6.07) is 31.0. The number of aliphatic imine (C=N–C) groups is 2. The van der Waals surface area contributed by atoms with Gasteiger partial charge in [0.05, 0.1) is 22.8 Å². The first-order chi connectivity index (χ1) is 18.2. The van der Waals surface area contributed by atoms with E-state index in [-0.39, 0.29) is 6.04 Å². The average Bonchev–Trinajstić information content (AvgIpc) is 3.57. The number of hydrogen-bond acceptors (Lipinski definition) is 6. The van der Waals surface area contributed by atoms with Gasteiger partial charge in [-0.2, -0.15) is 5.10 Å². The fourth-order valence-electron chi connectivity index (χ4n) is 5.12. The second-order valence-electron chi connectivity index (χ2n) is 9.24. The molecule has 7 heteroatoms. The first kappa shape index (κ1) is 21.8. The second kappa shape index (κ2) is 8.57. The largest absolute Gasteiger partial charge is 0.337 e. The minimum Gasteiger partial charge on any atom is -0.337 e. The standard InChI is InChI=1S/C30H24N6S/c1-19-10-8-11-21(18-19)31-28-30-33-29-26(20(2)34-36(29)22-12-4-3-5-13-22)27(25-16-9-17-37-25)35(30)24-15-7-6-14-23(24)32-28/h3-18,27H,1-2H3,(H,31,32)/t27-/m0/s1. The SMILES string of the molecule is Cc1cccc(NC2=Nc3ccccc3N3C2=Nc2c(c(C)nn2-c2ccccc2)[C@@H]3c2cccs2)c1. The molecular weight excluding hydrogens is 476 g/mol. The fraction of sp³-hybridized carbons (Fsp3) is 0.100. The smallest absolute Gasteiger partial charge is 0.179 e. The van der Waals surface area contributed by atoms with Crippen molar-refractivity contribution < 1.29 is 0 Å². The van der Waals surface area contributed by atoms with Gasteiger partial charge in [-0.25, -0.2) is 14.7 Å². The maximum absolute atomic E-state index is 5.28. The molecule has 0 bridgehead atoms. The van der Waals surface area contributed by atoms with Crippen molar-refractivity contribution in [3.05, 3.63) is 118 Å². The molecule has 2 aliphatic rings. The van der Waals surface area contributed by atoms with Crippen LogP contribution in [-0.4, -0.2) is 21.5 Å². The van der Waals surface area contributed by atoms with Gasteiger partial charge in [0.15, 0.2) is 17.5 Å². The lowest BCUT2D eigenvalue weighted by molar-refractivity contribution is 0.830. The summed E-state index contributed by atoms with van der Waals surface area (Å²) in [7, 11) is 0. The molecule has 0 spiro atoms.